The highest BCUT2D eigenvalue weighted by atomic mass is 32.2. The fourth-order valence-corrected chi connectivity index (χ4v) is 3.70. The molecule has 0 bridgehead atoms. The van der Waals surface area contributed by atoms with Crippen molar-refractivity contribution < 1.29 is 19.2 Å². The SMILES string of the molecule is Cc1ccc(C(=O)Nc2cc(C(C)(C)C)ccc2[S+](C)[O-])cc1-n1cc(C(=O)O)nn1. The van der Waals surface area contributed by atoms with Gasteiger partial charge < -0.3 is 15.0 Å². The van der Waals surface area contributed by atoms with E-state index in [0.29, 0.717) is 21.8 Å². The number of aryl methyl sites for hydroxylation is 1. The van der Waals surface area contributed by atoms with Crippen LogP contribution in [0.1, 0.15) is 52.7 Å². The summed E-state index contributed by atoms with van der Waals surface area (Å²) in [7, 11) is 0. The molecule has 1 unspecified atom stereocenters. The van der Waals surface area contributed by atoms with Crippen molar-refractivity contribution in [2.24, 2.45) is 0 Å². The Morgan fingerprint density at radius 2 is 1.87 bits per heavy atom. The minimum absolute atomic E-state index is 0.140. The molecule has 1 aromatic heterocycles. The van der Waals surface area contributed by atoms with E-state index in [0.717, 1.165) is 11.1 Å². The Labute approximate surface area is 183 Å². The Kier molecular flexibility index (Phi) is 6.19. The molecule has 8 nitrogen and oxygen atoms in total. The predicted molar refractivity (Wildman–Crippen MR) is 118 cm³/mol. The van der Waals surface area contributed by atoms with Crippen molar-refractivity contribution in [2.75, 3.05) is 11.6 Å². The molecule has 0 spiro atoms. The first-order valence-electron chi connectivity index (χ1n) is 9.53. The summed E-state index contributed by atoms with van der Waals surface area (Å²) in [6.45, 7) is 8.01. The van der Waals surface area contributed by atoms with Crippen LogP contribution < -0.4 is 5.32 Å². The first kappa shape index (κ1) is 22.5. The zero-order valence-corrected chi connectivity index (χ0v) is 18.8. The minimum atomic E-state index is -1.28. The number of carboxylic acid groups (broad SMARTS) is 1. The van der Waals surface area contributed by atoms with Gasteiger partial charge in [0.2, 0.25) is 0 Å². The van der Waals surface area contributed by atoms with Crippen LogP contribution in [0.2, 0.25) is 0 Å². The molecule has 1 amide bonds. The van der Waals surface area contributed by atoms with Gasteiger partial charge in [-0.1, -0.05) is 38.1 Å². The summed E-state index contributed by atoms with van der Waals surface area (Å²) in [5, 5.41) is 19.4. The van der Waals surface area contributed by atoms with E-state index >= 15 is 0 Å². The summed E-state index contributed by atoms with van der Waals surface area (Å²) in [6.07, 6.45) is 2.86. The molecule has 3 aromatic rings. The van der Waals surface area contributed by atoms with E-state index in [2.05, 4.69) is 36.4 Å². The van der Waals surface area contributed by atoms with Crippen LogP contribution in [0.3, 0.4) is 0 Å². The number of rotatable bonds is 5. The lowest BCUT2D eigenvalue weighted by Crippen LogP contribution is -2.17. The molecule has 0 aliphatic heterocycles. The number of benzene rings is 2. The Morgan fingerprint density at radius 1 is 1.16 bits per heavy atom. The highest BCUT2D eigenvalue weighted by Crippen LogP contribution is 2.30. The van der Waals surface area contributed by atoms with Crippen molar-refractivity contribution in [1.29, 1.82) is 0 Å². The monoisotopic (exact) mass is 440 g/mol. The van der Waals surface area contributed by atoms with Gasteiger partial charge in [0.25, 0.3) is 5.91 Å². The number of anilines is 1. The number of carbonyl (C=O) groups excluding carboxylic acids is 1. The summed E-state index contributed by atoms with van der Waals surface area (Å²) >= 11 is -1.28. The second kappa shape index (κ2) is 8.52. The molecule has 9 heteroatoms. The lowest BCUT2D eigenvalue weighted by atomic mass is 9.87. The van der Waals surface area contributed by atoms with Crippen LogP contribution in [0, 0.1) is 6.92 Å². The Bertz CT molecular complexity index is 1150. The second-order valence-electron chi connectivity index (χ2n) is 8.22. The standard InChI is InChI=1S/C22H24N4O4S/c1-13-6-7-14(10-18(13)26-12-17(21(28)29)24-25-26)20(27)23-16-11-15(22(2,3)4)8-9-19(16)31(5)30/h6-12H,1-5H3,(H,23,27)(H,28,29). The first-order valence-corrected chi connectivity index (χ1v) is 11.1. The third-order valence-electron chi connectivity index (χ3n) is 4.83. The van der Waals surface area contributed by atoms with Crippen LogP contribution in [0.5, 0.6) is 0 Å². The molecule has 0 saturated carbocycles. The average Bonchev–Trinajstić information content (AvgIpc) is 3.17. The maximum Gasteiger partial charge on any atom is 0.358 e. The summed E-state index contributed by atoms with van der Waals surface area (Å²) in [5.74, 6) is -1.56. The van der Waals surface area contributed by atoms with Crippen molar-refractivity contribution in [2.45, 2.75) is 38.0 Å². The molecular formula is C22H24N4O4S. The highest BCUT2D eigenvalue weighted by Gasteiger charge is 2.21. The van der Waals surface area contributed by atoms with Gasteiger partial charge in [0, 0.05) is 5.56 Å². The van der Waals surface area contributed by atoms with Crippen LogP contribution in [-0.4, -0.2) is 42.8 Å². The average molecular weight is 441 g/mol. The maximum absolute atomic E-state index is 13.0. The normalized spacial score (nSPS) is 12.5. The number of nitrogens with zero attached hydrogens (tertiary/aromatic N) is 3. The lowest BCUT2D eigenvalue weighted by Gasteiger charge is -2.21. The lowest BCUT2D eigenvalue weighted by molar-refractivity contribution is 0.0690. The summed E-state index contributed by atoms with van der Waals surface area (Å²) in [6, 6.07) is 10.6. The molecule has 2 N–H and O–H groups in total. The molecule has 1 atom stereocenters. The molecule has 0 aliphatic rings. The van der Waals surface area contributed by atoms with E-state index in [9.17, 15) is 14.1 Å². The number of aromatic nitrogens is 3. The van der Waals surface area contributed by atoms with Gasteiger partial charge >= 0.3 is 5.97 Å². The zero-order chi connectivity index (χ0) is 22.9. The zero-order valence-electron chi connectivity index (χ0n) is 18.0. The van der Waals surface area contributed by atoms with Gasteiger partial charge in [-0.3, -0.25) is 4.79 Å². The minimum Gasteiger partial charge on any atom is -0.612 e. The predicted octanol–water partition coefficient (Wildman–Crippen LogP) is 3.56. The van der Waals surface area contributed by atoms with E-state index in [1.54, 1.807) is 30.5 Å². The quantitative estimate of drug-likeness (QED) is 0.585. The van der Waals surface area contributed by atoms with Crippen LogP contribution in [0.15, 0.2) is 47.5 Å². The molecule has 0 radical (unpaired) electrons. The van der Waals surface area contributed by atoms with Crippen LogP contribution >= 0.6 is 0 Å². The molecular weight excluding hydrogens is 416 g/mol. The first-order chi connectivity index (χ1) is 14.5. The van der Waals surface area contributed by atoms with Crippen molar-refractivity contribution in [1.82, 2.24) is 15.0 Å². The van der Waals surface area contributed by atoms with Gasteiger partial charge in [0.1, 0.15) is 6.26 Å². The van der Waals surface area contributed by atoms with Gasteiger partial charge in [-0.25, -0.2) is 9.48 Å². The fourth-order valence-electron chi connectivity index (χ4n) is 3.02. The smallest absolute Gasteiger partial charge is 0.358 e. The highest BCUT2D eigenvalue weighted by molar-refractivity contribution is 7.90. The van der Waals surface area contributed by atoms with Gasteiger partial charge in [-0.2, -0.15) is 0 Å². The summed E-state index contributed by atoms with van der Waals surface area (Å²) in [5.41, 5.74) is 2.85. The van der Waals surface area contributed by atoms with Gasteiger partial charge in [-0.05, 0) is 58.9 Å². The number of aromatic carboxylic acids is 1. The molecule has 1 heterocycles. The topological polar surface area (TPSA) is 120 Å². The largest absolute Gasteiger partial charge is 0.612 e. The van der Waals surface area contributed by atoms with Crippen LogP contribution in [0.4, 0.5) is 5.69 Å². The number of carboxylic acids is 1. The van der Waals surface area contributed by atoms with Gasteiger partial charge in [0.05, 0.1) is 17.6 Å². The van der Waals surface area contributed by atoms with Crippen molar-refractivity contribution in [3.8, 4) is 5.69 Å². The van der Waals surface area contributed by atoms with Gasteiger partial charge in [-0.15, -0.1) is 5.10 Å². The molecule has 31 heavy (non-hydrogen) atoms. The Morgan fingerprint density at radius 3 is 2.45 bits per heavy atom. The summed E-state index contributed by atoms with van der Waals surface area (Å²) in [4.78, 5) is 24.6. The number of hydrogen-bond acceptors (Lipinski definition) is 5. The fraction of sp³-hybridized carbons (Fsp3) is 0.273. The maximum atomic E-state index is 13.0. The van der Waals surface area contributed by atoms with E-state index in [1.165, 1.54) is 10.9 Å². The molecule has 2 aromatic carbocycles. The van der Waals surface area contributed by atoms with E-state index in [-0.39, 0.29) is 17.0 Å². The molecule has 0 fully saturated rings. The van der Waals surface area contributed by atoms with E-state index in [1.807, 2.05) is 19.1 Å². The van der Waals surface area contributed by atoms with Crippen molar-refractivity contribution >= 4 is 28.7 Å². The van der Waals surface area contributed by atoms with Gasteiger partial charge in [0.15, 0.2) is 10.6 Å². The third kappa shape index (κ3) is 4.95. The molecule has 0 saturated heterocycles. The van der Waals surface area contributed by atoms with Crippen LogP contribution in [0.25, 0.3) is 5.69 Å². The number of hydrogen-bond donors (Lipinski definition) is 2. The van der Waals surface area contributed by atoms with Crippen molar-refractivity contribution in [3.63, 3.8) is 0 Å². The molecule has 162 valence electrons. The number of amides is 1. The third-order valence-corrected chi connectivity index (χ3v) is 5.81. The Balaban J connectivity index is 1.96. The van der Waals surface area contributed by atoms with Crippen LogP contribution in [-0.2, 0) is 16.6 Å². The Hall–Kier alpha value is -3.17. The van der Waals surface area contributed by atoms with E-state index in [4.69, 9.17) is 5.11 Å². The molecule has 3 rings (SSSR count). The number of carbonyl (C=O) groups is 2. The van der Waals surface area contributed by atoms with Crippen molar-refractivity contribution in [3.05, 3.63) is 65.0 Å². The number of nitrogens with one attached hydrogen (secondary N) is 1. The van der Waals surface area contributed by atoms with E-state index < -0.39 is 17.1 Å². The summed E-state index contributed by atoms with van der Waals surface area (Å²) < 4.78 is 13.5. The second-order valence-corrected chi connectivity index (χ2v) is 9.57. The molecule has 0 aliphatic carbocycles.